The molecule has 8 nitrogen and oxygen atoms in total. The molecule has 2 N–H and O–H groups in total. The number of tetrazole rings is 1. The first kappa shape index (κ1) is 16.4. The molecule has 0 radical (unpaired) electrons. The molecule has 1 atom stereocenters. The molecule has 0 aliphatic carbocycles. The number of amides is 3. The van der Waals surface area contributed by atoms with Gasteiger partial charge in [0.1, 0.15) is 0 Å². The van der Waals surface area contributed by atoms with Crippen LogP contribution in [-0.2, 0) is 11.3 Å². The van der Waals surface area contributed by atoms with Crippen LogP contribution in [0.4, 0.5) is 4.79 Å². The van der Waals surface area contributed by atoms with E-state index in [1.807, 2.05) is 0 Å². The number of nitrogens with zero attached hydrogens (tertiary/aromatic N) is 4. The maximum absolute atomic E-state index is 11.8. The van der Waals surface area contributed by atoms with Crippen molar-refractivity contribution in [3.63, 3.8) is 0 Å². The fourth-order valence-corrected chi connectivity index (χ4v) is 2.17. The standard InChI is InChI=1S/C11H20N6O2S/c1-5-12-10(19)13-9(18)8(4)20-11-14-15-16-17(11)6-7(2)3/h7-8H,5-6H2,1-4H3,(H2,12,13,18,19)/t8-/m0/s1. The highest BCUT2D eigenvalue weighted by atomic mass is 32.2. The van der Waals surface area contributed by atoms with Crippen LogP contribution in [-0.4, -0.2) is 43.9 Å². The van der Waals surface area contributed by atoms with E-state index in [1.54, 1.807) is 18.5 Å². The van der Waals surface area contributed by atoms with E-state index in [-0.39, 0.29) is 5.91 Å². The Morgan fingerprint density at radius 3 is 2.65 bits per heavy atom. The van der Waals surface area contributed by atoms with Gasteiger partial charge in [0.25, 0.3) is 0 Å². The monoisotopic (exact) mass is 300 g/mol. The van der Waals surface area contributed by atoms with Crippen LogP contribution in [0.2, 0.25) is 0 Å². The molecule has 0 bridgehead atoms. The quantitative estimate of drug-likeness (QED) is 0.748. The molecular weight excluding hydrogens is 280 g/mol. The van der Waals surface area contributed by atoms with Crippen molar-refractivity contribution in [2.45, 2.75) is 44.6 Å². The van der Waals surface area contributed by atoms with Gasteiger partial charge in [-0.15, -0.1) is 5.10 Å². The van der Waals surface area contributed by atoms with Crippen LogP contribution in [0.5, 0.6) is 0 Å². The van der Waals surface area contributed by atoms with Crippen LogP contribution >= 0.6 is 11.8 Å². The number of hydrogen-bond acceptors (Lipinski definition) is 6. The van der Waals surface area contributed by atoms with Gasteiger partial charge in [0.05, 0.1) is 5.25 Å². The summed E-state index contributed by atoms with van der Waals surface area (Å²) in [7, 11) is 0. The van der Waals surface area contributed by atoms with Gasteiger partial charge in [-0.3, -0.25) is 10.1 Å². The molecular formula is C11H20N6O2S. The number of thioether (sulfide) groups is 1. The van der Waals surface area contributed by atoms with E-state index in [2.05, 4.69) is 40.0 Å². The molecule has 0 saturated carbocycles. The maximum Gasteiger partial charge on any atom is 0.321 e. The van der Waals surface area contributed by atoms with Crippen molar-refractivity contribution >= 4 is 23.7 Å². The number of nitrogens with one attached hydrogen (secondary N) is 2. The summed E-state index contributed by atoms with van der Waals surface area (Å²) in [4.78, 5) is 23.1. The number of carbonyl (C=O) groups is 2. The third kappa shape index (κ3) is 5.16. The molecule has 0 spiro atoms. The molecule has 0 aromatic carbocycles. The molecule has 0 unspecified atom stereocenters. The average molecular weight is 300 g/mol. The van der Waals surface area contributed by atoms with Crippen LogP contribution in [0.3, 0.4) is 0 Å². The lowest BCUT2D eigenvalue weighted by molar-refractivity contribution is -0.119. The first-order valence-corrected chi connectivity index (χ1v) is 7.33. The molecule has 1 aromatic heterocycles. The highest BCUT2D eigenvalue weighted by Gasteiger charge is 2.20. The van der Waals surface area contributed by atoms with E-state index in [9.17, 15) is 9.59 Å². The summed E-state index contributed by atoms with van der Waals surface area (Å²) in [5.74, 6) is 0.0253. The summed E-state index contributed by atoms with van der Waals surface area (Å²) in [6, 6.07) is -0.494. The highest BCUT2D eigenvalue weighted by Crippen LogP contribution is 2.20. The molecule has 1 aromatic rings. The van der Waals surface area contributed by atoms with E-state index in [1.165, 1.54) is 11.8 Å². The Balaban J connectivity index is 2.57. The Labute approximate surface area is 122 Å². The van der Waals surface area contributed by atoms with Gasteiger partial charge in [0.2, 0.25) is 11.1 Å². The van der Waals surface area contributed by atoms with Crippen LogP contribution < -0.4 is 10.6 Å². The van der Waals surface area contributed by atoms with Crippen molar-refractivity contribution in [1.29, 1.82) is 0 Å². The van der Waals surface area contributed by atoms with E-state index < -0.39 is 11.3 Å². The van der Waals surface area contributed by atoms with Crippen molar-refractivity contribution in [1.82, 2.24) is 30.8 Å². The predicted molar refractivity (Wildman–Crippen MR) is 75.2 cm³/mol. The fraction of sp³-hybridized carbons (Fsp3) is 0.727. The molecule has 0 fully saturated rings. The van der Waals surface area contributed by atoms with Crippen LogP contribution in [0.15, 0.2) is 5.16 Å². The fourth-order valence-electron chi connectivity index (χ4n) is 1.37. The van der Waals surface area contributed by atoms with Gasteiger partial charge >= 0.3 is 6.03 Å². The molecule has 20 heavy (non-hydrogen) atoms. The smallest absolute Gasteiger partial charge is 0.321 e. The zero-order valence-corrected chi connectivity index (χ0v) is 12.9. The predicted octanol–water partition coefficient (Wildman–Crippen LogP) is 0.655. The number of rotatable bonds is 6. The zero-order chi connectivity index (χ0) is 15.1. The number of urea groups is 1. The molecule has 0 aliphatic heterocycles. The van der Waals surface area contributed by atoms with E-state index in [0.717, 1.165) is 0 Å². The van der Waals surface area contributed by atoms with Crippen molar-refractivity contribution in [2.24, 2.45) is 5.92 Å². The van der Waals surface area contributed by atoms with E-state index in [4.69, 9.17) is 0 Å². The van der Waals surface area contributed by atoms with Gasteiger partial charge in [0, 0.05) is 13.1 Å². The Kier molecular flexibility index (Phi) is 6.43. The Morgan fingerprint density at radius 1 is 1.35 bits per heavy atom. The maximum atomic E-state index is 11.8. The third-order valence-corrected chi connectivity index (χ3v) is 3.33. The minimum Gasteiger partial charge on any atom is -0.338 e. The number of imide groups is 1. The molecule has 0 aliphatic rings. The first-order chi connectivity index (χ1) is 9.43. The van der Waals surface area contributed by atoms with Gasteiger partial charge in [-0.1, -0.05) is 25.6 Å². The summed E-state index contributed by atoms with van der Waals surface area (Å²) >= 11 is 1.22. The van der Waals surface area contributed by atoms with Gasteiger partial charge in [-0.05, 0) is 30.2 Å². The molecule has 1 heterocycles. The Bertz CT molecular complexity index is 462. The normalized spacial score (nSPS) is 12.2. The lowest BCUT2D eigenvalue weighted by atomic mass is 10.2. The minimum atomic E-state index is -0.494. The molecule has 1 rings (SSSR count). The Hall–Kier alpha value is -1.64. The number of aromatic nitrogens is 4. The van der Waals surface area contributed by atoms with Gasteiger partial charge in [-0.2, -0.15) is 0 Å². The second-order valence-corrected chi connectivity index (χ2v) is 5.95. The zero-order valence-electron chi connectivity index (χ0n) is 12.1. The van der Waals surface area contributed by atoms with Gasteiger partial charge in [0.15, 0.2) is 0 Å². The van der Waals surface area contributed by atoms with Crippen molar-refractivity contribution in [2.75, 3.05) is 6.54 Å². The summed E-state index contributed by atoms with van der Waals surface area (Å²) < 4.78 is 1.66. The Morgan fingerprint density at radius 2 is 2.05 bits per heavy atom. The van der Waals surface area contributed by atoms with Crippen LogP contribution in [0, 0.1) is 5.92 Å². The second-order valence-electron chi connectivity index (χ2n) is 4.65. The summed E-state index contributed by atoms with van der Waals surface area (Å²) in [5.41, 5.74) is 0. The summed E-state index contributed by atoms with van der Waals surface area (Å²) in [6.07, 6.45) is 0. The first-order valence-electron chi connectivity index (χ1n) is 6.45. The molecule has 112 valence electrons. The molecule has 3 amide bonds. The number of carbonyl (C=O) groups excluding carboxylic acids is 2. The third-order valence-electron chi connectivity index (χ3n) is 2.26. The second kappa shape index (κ2) is 7.83. The summed E-state index contributed by atoms with van der Waals surface area (Å²) in [5, 5.41) is 16.3. The largest absolute Gasteiger partial charge is 0.338 e. The lowest BCUT2D eigenvalue weighted by Crippen LogP contribution is -2.42. The van der Waals surface area contributed by atoms with Gasteiger partial charge < -0.3 is 5.32 Å². The van der Waals surface area contributed by atoms with Crippen molar-refractivity contribution < 1.29 is 9.59 Å². The topological polar surface area (TPSA) is 102 Å². The minimum absolute atomic E-state index is 0.375. The molecule has 0 saturated heterocycles. The van der Waals surface area contributed by atoms with E-state index in [0.29, 0.717) is 24.2 Å². The lowest BCUT2D eigenvalue weighted by Gasteiger charge is -2.11. The van der Waals surface area contributed by atoms with Crippen molar-refractivity contribution in [3.05, 3.63) is 0 Å². The number of hydrogen-bond donors (Lipinski definition) is 2. The van der Waals surface area contributed by atoms with Gasteiger partial charge in [-0.25, -0.2) is 9.48 Å². The highest BCUT2D eigenvalue weighted by molar-refractivity contribution is 8.00. The summed E-state index contributed by atoms with van der Waals surface area (Å²) in [6.45, 7) is 8.74. The molecule has 9 heteroatoms. The van der Waals surface area contributed by atoms with Crippen LogP contribution in [0.1, 0.15) is 27.7 Å². The van der Waals surface area contributed by atoms with E-state index >= 15 is 0 Å². The SMILES string of the molecule is CCNC(=O)NC(=O)[C@H](C)Sc1nnnn1CC(C)C. The van der Waals surface area contributed by atoms with Crippen molar-refractivity contribution in [3.8, 4) is 0 Å². The van der Waals surface area contributed by atoms with Crippen LogP contribution in [0.25, 0.3) is 0 Å². The average Bonchev–Trinajstić information content (AvgIpc) is 2.75.